The number of halogens is 1. The van der Waals surface area contributed by atoms with Crippen molar-refractivity contribution in [1.82, 2.24) is 0 Å². The van der Waals surface area contributed by atoms with Gasteiger partial charge in [-0.3, -0.25) is 0 Å². The van der Waals surface area contributed by atoms with Crippen molar-refractivity contribution >= 4 is 17.3 Å². The van der Waals surface area contributed by atoms with Crippen LogP contribution in [0, 0.1) is 0 Å². The SMILES string of the molecule is CC(C)(O)CCOc1ccc(Cl)cc1N. The van der Waals surface area contributed by atoms with Gasteiger partial charge in [0.15, 0.2) is 0 Å². The van der Waals surface area contributed by atoms with E-state index in [2.05, 4.69) is 0 Å². The van der Waals surface area contributed by atoms with Crippen LogP contribution in [-0.2, 0) is 0 Å². The molecular formula is C11H16ClNO2. The molecule has 0 aliphatic carbocycles. The monoisotopic (exact) mass is 229 g/mol. The van der Waals surface area contributed by atoms with Gasteiger partial charge >= 0.3 is 0 Å². The number of benzene rings is 1. The second-order valence-corrected chi connectivity index (χ2v) is 4.53. The van der Waals surface area contributed by atoms with E-state index < -0.39 is 5.60 Å². The molecule has 0 saturated carbocycles. The van der Waals surface area contributed by atoms with E-state index in [-0.39, 0.29) is 0 Å². The first kappa shape index (κ1) is 12.1. The number of aliphatic hydroxyl groups is 1. The molecule has 84 valence electrons. The Kier molecular flexibility index (Phi) is 3.83. The van der Waals surface area contributed by atoms with Crippen LogP contribution in [0.5, 0.6) is 5.75 Å². The Balaban J connectivity index is 2.51. The topological polar surface area (TPSA) is 55.5 Å². The van der Waals surface area contributed by atoms with E-state index in [1.807, 2.05) is 0 Å². The first-order chi connectivity index (χ1) is 6.88. The van der Waals surface area contributed by atoms with Crippen LogP contribution in [0.3, 0.4) is 0 Å². The minimum absolute atomic E-state index is 0.426. The van der Waals surface area contributed by atoms with Crippen molar-refractivity contribution in [2.24, 2.45) is 0 Å². The highest BCUT2D eigenvalue weighted by molar-refractivity contribution is 6.30. The second kappa shape index (κ2) is 4.73. The third-order valence-corrected chi connectivity index (χ3v) is 2.18. The van der Waals surface area contributed by atoms with Gasteiger partial charge in [0.05, 0.1) is 17.9 Å². The number of rotatable bonds is 4. The van der Waals surface area contributed by atoms with E-state index in [0.717, 1.165) is 0 Å². The van der Waals surface area contributed by atoms with Crippen LogP contribution in [0.25, 0.3) is 0 Å². The lowest BCUT2D eigenvalue weighted by Crippen LogP contribution is -2.21. The summed E-state index contributed by atoms with van der Waals surface area (Å²) in [6.45, 7) is 3.90. The Hall–Kier alpha value is -0.930. The summed E-state index contributed by atoms with van der Waals surface area (Å²) >= 11 is 5.75. The summed E-state index contributed by atoms with van der Waals surface area (Å²) in [5, 5.41) is 10.1. The molecule has 0 aromatic heterocycles. The number of hydrogen-bond donors (Lipinski definition) is 2. The molecule has 3 nitrogen and oxygen atoms in total. The molecule has 0 spiro atoms. The van der Waals surface area contributed by atoms with Crippen molar-refractivity contribution < 1.29 is 9.84 Å². The van der Waals surface area contributed by atoms with Crippen molar-refractivity contribution in [2.45, 2.75) is 25.9 Å². The van der Waals surface area contributed by atoms with E-state index in [9.17, 15) is 5.11 Å². The molecule has 15 heavy (non-hydrogen) atoms. The minimum Gasteiger partial charge on any atom is -0.491 e. The lowest BCUT2D eigenvalue weighted by Gasteiger charge is -2.17. The molecule has 3 N–H and O–H groups in total. The van der Waals surface area contributed by atoms with Crippen LogP contribution in [0.15, 0.2) is 18.2 Å². The molecule has 0 aliphatic rings. The lowest BCUT2D eigenvalue weighted by atomic mass is 10.1. The summed E-state index contributed by atoms with van der Waals surface area (Å²) in [6, 6.07) is 5.08. The molecule has 0 amide bonds. The number of hydrogen-bond acceptors (Lipinski definition) is 3. The van der Waals surface area contributed by atoms with Crippen LogP contribution in [0.4, 0.5) is 5.69 Å². The average molecular weight is 230 g/mol. The van der Waals surface area contributed by atoms with Crippen LogP contribution < -0.4 is 10.5 Å². The first-order valence-corrected chi connectivity index (χ1v) is 5.16. The average Bonchev–Trinajstić information content (AvgIpc) is 2.07. The fourth-order valence-corrected chi connectivity index (χ4v) is 1.24. The standard InChI is InChI=1S/C11H16ClNO2/c1-11(2,14)5-6-15-10-4-3-8(12)7-9(10)13/h3-4,7,14H,5-6,13H2,1-2H3. The Bertz CT molecular complexity index is 334. The van der Waals surface area contributed by atoms with Gasteiger partial charge in [-0.1, -0.05) is 11.6 Å². The molecule has 1 rings (SSSR count). The zero-order valence-electron chi connectivity index (χ0n) is 8.96. The van der Waals surface area contributed by atoms with Gasteiger partial charge in [0.1, 0.15) is 5.75 Å². The third kappa shape index (κ3) is 4.40. The van der Waals surface area contributed by atoms with Crippen LogP contribution in [0.1, 0.15) is 20.3 Å². The molecule has 0 aliphatic heterocycles. The van der Waals surface area contributed by atoms with Gasteiger partial charge < -0.3 is 15.6 Å². The summed E-state index contributed by atoms with van der Waals surface area (Å²) in [4.78, 5) is 0. The van der Waals surface area contributed by atoms with Crippen molar-refractivity contribution in [3.05, 3.63) is 23.2 Å². The Morgan fingerprint density at radius 3 is 2.67 bits per heavy atom. The zero-order valence-corrected chi connectivity index (χ0v) is 9.71. The highest BCUT2D eigenvalue weighted by Gasteiger charge is 2.12. The van der Waals surface area contributed by atoms with Crippen molar-refractivity contribution in [1.29, 1.82) is 0 Å². The van der Waals surface area contributed by atoms with E-state index >= 15 is 0 Å². The molecule has 0 bridgehead atoms. The summed E-state index contributed by atoms with van der Waals surface area (Å²) in [6.07, 6.45) is 0.551. The van der Waals surface area contributed by atoms with Gasteiger partial charge in [-0.2, -0.15) is 0 Å². The molecule has 0 saturated heterocycles. The largest absolute Gasteiger partial charge is 0.491 e. The second-order valence-electron chi connectivity index (χ2n) is 4.09. The summed E-state index contributed by atoms with van der Waals surface area (Å²) in [5.41, 5.74) is 5.49. The van der Waals surface area contributed by atoms with Crippen molar-refractivity contribution in [2.75, 3.05) is 12.3 Å². The zero-order chi connectivity index (χ0) is 11.5. The number of anilines is 1. The molecule has 0 heterocycles. The maximum absolute atomic E-state index is 9.48. The van der Waals surface area contributed by atoms with Crippen LogP contribution in [0.2, 0.25) is 5.02 Å². The smallest absolute Gasteiger partial charge is 0.142 e. The molecule has 0 radical (unpaired) electrons. The number of ether oxygens (including phenoxy) is 1. The van der Waals surface area contributed by atoms with Crippen LogP contribution >= 0.6 is 11.6 Å². The van der Waals surface area contributed by atoms with Gasteiger partial charge in [-0.15, -0.1) is 0 Å². The van der Waals surface area contributed by atoms with E-state index in [4.69, 9.17) is 22.1 Å². The maximum Gasteiger partial charge on any atom is 0.142 e. The van der Waals surface area contributed by atoms with Gasteiger partial charge in [0.2, 0.25) is 0 Å². The molecule has 1 aromatic carbocycles. The molecular weight excluding hydrogens is 214 g/mol. The van der Waals surface area contributed by atoms with Gasteiger partial charge in [-0.05, 0) is 32.0 Å². The molecule has 0 unspecified atom stereocenters. The fourth-order valence-electron chi connectivity index (χ4n) is 1.06. The summed E-state index contributed by atoms with van der Waals surface area (Å²) in [5.74, 6) is 0.601. The minimum atomic E-state index is -0.721. The Morgan fingerprint density at radius 2 is 2.13 bits per heavy atom. The van der Waals surface area contributed by atoms with E-state index in [1.54, 1.807) is 32.0 Å². The summed E-state index contributed by atoms with van der Waals surface area (Å²) < 4.78 is 5.42. The highest BCUT2D eigenvalue weighted by Crippen LogP contribution is 2.25. The predicted molar refractivity (Wildman–Crippen MR) is 62.3 cm³/mol. The third-order valence-electron chi connectivity index (χ3n) is 1.94. The normalized spacial score (nSPS) is 11.5. The Labute approximate surface area is 94.8 Å². The predicted octanol–water partition coefficient (Wildman–Crippen LogP) is 2.46. The lowest BCUT2D eigenvalue weighted by molar-refractivity contribution is 0.0554. The molecule has 0 fully saturated rings. The van der Waals surface area contributed by atoms with Gasteiger partial charge in [0, 0.05) is 11.4 Å². The molecule has 4 heteroatoms. The first-order valence-electron chi connectivity index (χ1n) is 4.79. The van der Waals surface area contributed by atoms with E-state index in [1.165, 1.54) is 0 Å². The van der Waals surface area contributed by atoms with Gasteiger partial charge in [-0.25, -0.2) is 0 Å². The summed E-state index contributed by atoms with van der Waals surface area (Å²) in [7, 11) is 0. The number of nitrogen functional groups attached to an aromatic ring is 1. The number of nitrogens with two attached hydrogens (primary N) is 1. The fraction of sp³-hybridized carbons (Fsp3) is 0.455. The van der Waals surface area contributed by atoms with Crippen molar-refractivity contribution in [3.8, 4) is 5.75 Å². The van der Waals surface area contributed by atoms with Crippen molar-refractivity contribution in [3.63, 3.8) is 0 Å². The van der Waals surface area contributed by atoms with Gasteiger partial charge in [0.25, 0.3) is 0 Å². The molecule has 0 atom stereocenters. The quantitative estimate of drug-likeness (QED) is 0.780. The highest BCUT2D eigenvalue weighted by atomic mass is 35.5. The Morgan fingerprint density at radius 1 is 1.47 bits per heavy atom. The van der Waals surface area contributed by atoms with Crippen LogP contribution in [-0.4, -0.2) is 17.3 Å². The molecule has 1 aromatic rings. The van der Waals surface area contributed by atoms with E-state index in [0.29, 0.717) is 29.5 Å². The maximum atomic E-state index is 9.48.